The summed E-state index contributed by atoms with van der Waals surface area (Å²) in [6.45, 7) is 4.78. The zero-order valence-corrected chi connectivity index (χ0v) is 11.1. The van der Waals surface area contributed by atoms with Crippen LogP contribution in [-0.2, 0) is 4.79 Å². The molecule has 0 radical (unpaired) electrons. The van der Waals surface area contributed by atoms with Crippen molar-refractivity contribution >= 4 is 17.2 Å². The van der Waals surface area contributed by atoms with Crippen LogP contribution >= 0.6 is 11.3 Å². The Bertz CT molecular complexity index is 417. The van der Waals surface area contributed by atoms with Gasteiger partial charge in [0.15, 0.2) is 0 Å². The minimum atomic E-state index is 0.153. The third kappa shape index (κ3) is 3.16. The lowest BCUT2D eigenvalue weighted by atomic mass is 10.1. The SMILES string of the molecule is Cc1csc(C(C)CNC(=O)C2CC=CC2)n1. The molecule has 4 heteroatoms. The molecule has 0 fully saturated rings. The lowest BCUT2D eigenvalue weighted by Crippen LogP contribution is -2.32. The smallest absolute Gasteiger partial charge is 0.223 e. The van der Waals surface area contributed by atoms with E-state index >= 15 is 0 Å². The highest BCUT2D eigenvalue weighted by atomic mass is 32.1. The fourth-order valence-corrected chi connectivity index (χ4v) is 2.77. The number of hydrogen-bond acceptors (Lipinski definition) is 3. The molecule has 1 aliphatic rings. The Balaban J connectivity index is 1.79. The number of aromatic nitrogens is 1. The molecule has 0 spiro atoms. The number of amides is 1. The van der Waals surface area contributed by atoms with Gasteiger partial charge in [-0.05, 0) is 19.8 Å². The number of rotatable bonds is 4. The Labute approximate surface area is 106 Å². The Hall–Kier alpha value is -1.16. The molecule has 0 saturated heterocycles. The van der Waals surface area contributed by atoms with E-state index in [4.69, 9.17) is 0 Å². The fraction of sp³-hybridized carbons (Fsp3) is 0.538. The first kappa shape index (κ1) is 12.3. The van der Waals surface area contributed by atoms with Crippen LogP contribution in [0.25, 0.3) is 0 Å². The van der Waals surface area contributed by atoms with E-state index in [0.29, 0.717) is 12.5 Å². The normalized spacial score (nSPS) is 17.3. The van der Waals surface area contributed by atoms with Crippen LogP contribution in [0, 0.1) is 12.8 Å². The second-order valence-electron chi connectivity index (χ2n) is 4.61. The molecule has 92 valence electrons. The topological polar surface area (TPSA) is 42.0 Å². The van der Waals surface area contributed by atoms with E-state index < -0.39 is 0 Å². The van der Waals surface area contributed by atoms with E-state index in [9.17, 15) is 4.79 Å². The molecule has 1 heterocycles. The van der Waals surface area contributed by atoms with Gasteiger partial charge in [-0.2, -0.15) is 0 Å². The summed E-state index contributed by atoms with van der Waals surface area (Å²) in [6.07, 6.45) is 5.93. The predicted molar refractivity (Wildman–Crippen MR) is 70.1 cm³/mol. The van der Waals surface area contributed by atoms with E-state index in [2.05, 4.69) is 34.8 Å². The van der Waals surface area contributed by atoms with Crippen LogP contribution in [-0.4, -0.2) is 17.4 Å². The van der Waals surface area contributed by atoms with Crippen molar-refractivity contribution in [2.24, 2.45) is 5.92 Å². The molecule has 0 aliphatic heterocycles. The largest absolute Gasteiger partial charge is 0.355 e. The van der Waals surface area contributed by atoms with Gasteiger partial charge in [0.25, 0.3) is 0 Å². The molecule has 0 bridgehead atoms. The Morgan fingerprint density at radius 2 is 2.29 bits per heavy atom. The van der Waals surface area contributed by atoms with Gasteiger partial charge >= 0.3 is 0 Å². The second kappa shape index (κ2) is 5.45. The van der Waals surface area contributed by atoms with Crippen molar-refractivity contribution in [2.45, 2.75) is 32.6 Å². The number of nitrogens with one attached hydrogen (secondary N) is 1. The molecular weight excluding hydrogens is 232 g/mol. The van der Waals surface area contributed by atoms with E-state index in [-0.39, 0.29) is 11.8 Å². The molecule has 1 aromatic heterocycles. The number of carbonyl (C=O) groups is 1. The van der Waals surface area contributed by atoms with Crippen molar-refractivity contribution in [3.05, 3.63) is 28.2 Å². The van der Waals surface area contributed by atoms with Gasteiger partial charge in [-0.15, -0.1) is 11.3 Å². The molecular formula is C13H18N2OS. The summed E-state index contributed by atoms with van der Waals surface area (Å²) in [5, 5.41) is 6.17. The van der Waals surface area contributed by atoms with Gasteiger partial charge in [0.2, 0.25) is 5.91 Å². The van der Waals surface area contributed by atoms with Gasteiger partial charge in [-0.3, -0.25) is 4.79 Å². The zero-order valence-electron chi connectivity index (χ0n) is 10.3. The standard InChI is InChI=1S/C13H18N2OS/c1-9(13-15-10(2)8-17-13)7-14-12(16)11-5-3-4-6-11/h3-4,8-9,11H,5-7H2,1-2H3,(H,14,16). The zero-order chi connectivity index (χ0) is 12.3. The van der Waals surface area contributed by atoms with Gasteiger partial charge in [0.1, 0.15) is 0 Å². The maximum absolute atomic E-state index is 11.8. The average Bonchev–Trinajstić information content (AvgIpc) is 2.95. The molecule has 1 amide bonds. The van der Waals surface area contributed by atoms with Crippen LogP contribution in [0.3, 0.4) is 0 Å². The van der Waals surface area contributed by atoms with Crippen LogP contribution in [0.5, 0.6) is 0 Å². The molecule has 1 aromatic rings. The highest BCUT2D eigenvalue weighted by Gasteiger charge is 2.19. The average molecular weight is 250 g/mol. The summed E-state index contributed by atoms with van der Waals surface area (Å²) in [4.78, 5) is 16.3. The molecule has 0 saturated carbocycles. The Morgan fingerprint density at radius 3 is 2.88 bits per heavy atom. The lowest BCUT2D eigenvalue weighted by molar-refractivity contribution is -0.124. The highest BCUT2D eigenvalue weighted by Crippen LogP contribution is 2.20. The van der Waals surface area contributed by atoms with E-state index in [1.165, 1.54) is 0 Å². The monoisotopic (exact) mass is 250 g/mol. The number of nitrogens with zero attached hydrogens (tertiary/aromatic N) is 1. The fourth-order valence-electron chi connectivity index (χ4n) is 1.92. The molecule has 1 unspecified atom stereocenters. The number of thiazole rings is 1. The van der Waals surface area contributed by atoms with Crippen molar-refractivity contribution in [3.63, 3.8) is 0 Å². The number of allylic oxidation sites excluding steroid dienone is 2. The molecule has 1 atom stereocenters. The maximum atomic E-state index is 11.8. The van der Waals surface area contributed by atoms with Crippen molar-refractivity contribution in [1.82, 2.24) is 10.3 Å². The minimum Gasteiger partial charge on any atom is -0.355 e. The third-order valence-electron chi connectivity index (χ3n) is 3.02. The second-order valence-corrected chi connectivity index (χ2v) is 5.50. The minimum absolute atomic E-state index is 0.153. The van der Waals surface area contributed by atoms with Gasteiger partial charge in [0.05, 0.1) is 5.01 Å². The lowest BCUT2D eigenvalue weighted by Gasteiger charge is -2.13. The third-order valence-corrected chi connectivity index (χ3v) is 4.21. The summed E-state index contributed by atoms with van der Waals surface area (Å²) in [7, 11) is 0. The van der Waals surface area contributed by atoms with Crippen molar-refractivity contribution < 1.29 is 4.79 Å². The number of hydrogen-bond donors (Lipinski definition) is 1. The first-order chi connectivity index (χ1) is 8.16. The van der Waals surface area contributed by atoms with Crippen molar-refractivity contribution in [3.8, 4) is 0 Å². The summed E-state index contributed by atoms with van der Waals surface area (Å²) in [6, 6.07) is 0. The van der Waals surface area contributed by atoms with Crippen molar-refractivity contribution in [1.29, 1.82) is 0 Å². The summed E-state index contributed by atoms with van der Waals surface area (Å²) < 4.78 is 0. The van der Waals surface area contributed by atoms with Gasteiger partial charge in [-0.1, -0.05) is 19.1 Å². The van der Waals surface area contributed by atoms with Crippen LogP contribution < -0.4 is 5.32 Å². The molecule has 1 aliphatic carbocycles. The first-order valence-corrected chi connectivity index (χ1v) is 6.89. The number of carbonyl (C=O) groups excluding carboxylic acids is 1. The Morgan fingerprint density at radius 1 is 1.59 bits per heavy atom. The summed E-state index contributed by atoms with van der Waals surface area (Å²) >= 11 is 1.67. The van der Waals surface area contributed by atoms with Crippen LogP contribution in [0.4, 0.5) is 0 Å². The summed E-state index contributed by atoms with van der Waals surface area (Å²) in [5.74, 6) is 0.627. The summed E-state index contributed by atoms with van der Waals surface area (Å²) in [5.41, 5.74) is 1.06. The highest BCUT2D eigenvalue weighted by molar-refractivity contribution is 7.09. The van der Waals surface area contributed by atoms with Gasteiger partial charge in [0, 0.05) is 29.5 Å². The molecule has 17 heavy (non-hydrogen) atoms. The quantitative estimate of drug-likeness (QED) is 0.835. The van der Waals surface area contributed by atoms with Crippen LogP contribution in [0.1, 0.15) is 36.4 Å². The number of aryl methyl sites for hydroxylation is 1. The Kier molecular flexibility index (Phi) is 3.94. The molecule has 1 N–H and O–H groups in total. The van der Waals surface area contributed by atoms with Crippen molar-refractivity contribution in [2.75, 3.05) is 6.54 Å². The first-order valence-electron chi connectivity index (χ1n) is 6.01. The van der Waals surface area contributed by atoms with Crippen LogP contribution in [0.15, 0.2) is 17.5 Å². The van der Waals surface area contributed by atoms with Gasteiger partial charge in [-0.25, -0.2) is 4.98 Å². The van der Waals surface area contributed by atoms with E-state index in [1.54, 1.807) is 11.3 Å². The molecule has 0 aromatic carbocycles. The molecule has 3 nitrogen and oxygen atoms in total. The van der Waals surface area contributed by atoms with E-state index in [0.717, 1.165) is 23.5 Å². The van der Waals surface area contributed by atoms with E-state index in [1.807, 2.05) is 6.92 Å². The predicted octanol–water partition coefficient (Wildman–Crippen LogP) is 2.64. The molecule has 2 rings (SSSR count). The van der Waals surface area contributed by atoms with Gasteiger partial charge < -0.3 is 5.32 Å². The maximum Gasteiger partial charge on any atom is 0.223 e. The van der Waals surface area contributed by atoms with Crippen LogP contribution in [0.2, 0.25) is 0 Å².